The van der Waals surface area contributed by atoms with Gasteiger partial charge in [-0.15, -0.1) is 0 Å². The summed E-state index contributed by atoms with van der Waals surface area (Å²) in [5, 5.41) is 0. The summed E-state index contributed by atoms with van der Waals surface area (Å²) in [7, 11) is -1.49. The molecule has 0 aliphatic carbocycles. The topological polar surface area (TPSA) is 18.5 Å². The Morgan fingerprint density at radius 1 is 1.29 bits per heavy atom. The van der Waals surface area contributed by atoms with Crippen molar-refractivity contribution in [2.24, 2.45) is 5.92 Å². The molecule has 1 aliphatic rings. The van der Waals surface area contributed by atoms with Crippen molar-refractivity contribution >= 4 is 8.32 Å². The van der Waals surface area contributed by atoms with Gasteiger partial charge in [-0.1, -0.05) is 34.6 Å². The van der Waals surface area contributed by atoms with E-state index in [0.29, 0.717) is 5.92 Å². The molecule has 1 atom stereocenters. The Labute approximate surface area is 108 Å². The Bertz CT molecular complexity index is 249. The largest absolute Gasteiger partial charge is 0.547 e. The van der Waals surface area contributed by atoms with Gasteiger partial charge in [0.2, 0.25) is 8.32 Å². The summed E-state index contributed by atoms with van der Waals surface area (Å²) in [6, 6.07) is 3.64. The van der Waals surface area contributed by atoms with Gasteiger partial charge >= 0.3 is 0 Å². The number of rotatable bonds is 6. The fourth-order valence-corrected chi connectivity index (χ4v) is 4.98. The lowest BCUT2D eigenvalue weighted by Crippen LogP contribution is -2.37. The van der Waals surface area contributed by atoms with Crippen molar-refractivity contribution in [1.82, 2.24) is 0 Å². The maximum atomic E-state index is 6.43. The van der Waals surface area contributed by atoms with E-state index in [1.165, 1.54) is 23.9 Å². The second kappa shape index (κ2) is 6.60. The second-order valence-corrected chi connectivity index (χ2v) is 10.00. The van der Waals surface area contributed by atoms with Crippen LogP contribution in [0, 0.1) is 5.92 Å². The molecule has 2 nitrogen and oxygen atoms in total. The third-order valence-electron chi connectivity index (χ3n) is 3.95. The van der Waals surface area contributed by atoms with Crippen LogP contribution in [0.1, 0.15) is 41.0 Å². The van der Waals surface area contributed by atoms with Crippen molar-refractivity contribution in [2.45, 2.75) is 65.3 Å². The first-order valence-electron chi connectivity index (χ1n) is 7.08. The molecule has 0 N–H and O–H groups in total. The summed E-state index contributed by atoms with van der Waals surface area (Å²) in [4.78, 5) is 0. The average molecular weight is 256 g/mol. The number of ether oxygens (including phenoxy) is 1. The van der Waals surface area contributed by atoms with Gasteiger partial charge < -0.3 is 9.16 Å². The van der Waals surface area contributed by atoms with Gasteiger partial charge in [0.15, 0.2) is 0 Å². The van der Waals surface area contributed by atoms with E-state index >= 15 is 0 Å². The maximum absolute atomic E-state index is 6.43. The summed E-state index contributed by atoms with van der Waals surface area (Å²) < 4.78 is 12.2. The molecule has 1 unspecified atom stereocenters. The number of hydrogen-bond donors (Lipinski definition) is 0. The molecule has 0 amide bonds. The van der Waals surface area contributed by atoms with E-state index in [9.17, 15) is 0 Å². The van der Waals surface area contributed by atoms with E-state index in [2.05, 4.69) is 40.7 Å². The summed E-state index contributed by atoms with van der Waals surface area (Å²) >= 11 is 0. The monoisotopic (exact) mass is 256 g/mol. The van der Waals surface area contributed by atoms with Crippen molar-refractivity contribution in [3.8, 4) is 0 Å². The van der Waals surface area contributed by atoms with Crippen LogP contribution in [0.2, 0.25) is 18.1 Å². The first-order valence-corrected chi connectivity index (χ1v) is 9.61. The summed E-state index contributed by atoms with van der Waals surface area (Å²) in [6.45, 7) is 12.1. The molecule has 0 saturated carbocycles. The third kappa shape index (κ3) is 3.85. The zero-order valence-electron chi connectivity index (χ0n) is 12.1. The summed E-state index contributed by atoms with van der Waals surface area (Å²) in [6.07, 6.45) is 3.42. The smallest absolute Gasteiger partial charge is 0.250 e. The summed E-state index contributed by atoms with van der Waals surface area (Å²) in [5.41, 5.74) is 0. The minimum Gasteiger partial charge on any atom is -0.547 e. The molecule has 1 aliphatic heterocycles. The van der Waals surface area contributed by atoms with Gasteiger partial charge in [-0.2, -0.15) is 0 Å². The van der Waals surface area contributed by atoms with Crippen LogP contribution in [0.5, 0.6) is 0 Å². The first-order chi connectivity index (χ1) is 8.06. The van der Waals surface area contributed by atoms with E-state index < -0.39 is 8.32 Å². The highest BCUT2D eigenvalue weighted by Crippen LogP contribution is 2.28. The Balaban J connectivity index is 2.72. The third-order valence-corrected chi connectivity index (χ3v) is 8.51. The minimum absolute atomic E-state index is 0.246. The molecule has 0 aromatic carbocycles. The van der Waals surface area contributed by atoms with Gasteiger partial charge in [-0.25, -0.2) is 0 Å². The van der Waals surface area contributed by atoms with Gasteiger partial charge in [-0.3, -0.25) is 0 Å². The highest BCUT2D eigenvalue weighted by atomic mass is 28.4. The molecule has 0 radical (unpaired) electrons. The Morgan fingerprint density at radius 2 is 1.88 bits per heavy atom. The van der Waals surface area contributed by atoms with Crippen LogP contribution >= 0.6 is 0 Å². The second-order valence-electron chi connectivity index (χ2n) is 5.31. The fraction of sp³-hybridized carbons (Fsp3) is 0.857. The van der Waals surface area contributed by atoms with Crippen LogP contribution in [0.4, 0.5) is 0 Å². The van der Waals surface area contributed by atoms with E-state index in [1.807, 2.05) is 0 Å². The van der Waals surface area contributed by atoms with Crippen LogP contribution in [0.3, 0.4) is 0 Å². The predicted molar refractivity (Wildman–Crippen MR) is 75.6 cm³/mol. The predicted octanol–water partition coefficient (Wildman–Crippen LogP) is 4.34. The molecule has 0 spiro atoms. The molecule has 0 aromatic rings. The van der Waals surface area contributed by atoms with Crippen LogP contribution in [0.15, 0.2) is 11.8 Å². The van der Waals surface area contributed by atoms with E-state index in [0.717, 1.165) is 13.0 Å². The van der Waals surface area contributed by atoms with Crippen LogP contribution < -0.4 is 0 Å². The Hall–Kier alpha value is -0.283. The fourth-order valence-electron chi connectivity index (χ4n) is 2.32. The van der Waals surface area contributed by atoms with E-state index in [-0.39, 0.29) is 6.10 Å². The molecular formula is C14H28O2Si. The first kappa shape index (κ1) is 14.8. The molecule has 0 aromatic heterocycles. The normalized spacial score (nSPS) is 21.5. The van der Waals surface area contributed by atoms with E-state index in [4.69, 9.17) is 9.16 Å². The molecule has 0 fully saturated rings. The van der Waals surface area contributed by atoms with E-state index in [1.54, 1.807) is 0 Å². The molecule has 1 heterocycles. The SMILES string of the molecule is CC[Si](CC)(CC)OC1=CC(C(C)C)OCC1. The lowest BCUT2D eigenvalue weighted by Gasteiger charge is -2.33. The van der Waals surface area contributed by atoms with Gasteiger partial charge in [-0.05, 0) is 30.1 Å². The van der Waals surface area contributed by atoms with Crippen molar-refractivity contribution in [2.75, 3.05) is 6.61 Å². The zero-order valence-corrected chi connectivity index (χ0v) is 13.1. The average Bonchev–Trinajstić information content (AvgIpc) is 2.36. The van der Waals surface area contributed by atoms with Crippen molar-refractivity contribution in [1.29, 1.82) is 0 Å². The molecule has 17 heavy (non-hydrogen) atoms. The highest BCUT2D eigenvalue weighted by Gasteiger charge is 2.32. The van der Waals surface area contributed by atoms with Crippen LogP contribution in [-0.4, -0.2) is 21.0 Å². The molecule has 3 heteroatoms. The van der Waals surface area contributed by atoms with Crippen molar-refractivity contribution < 1.29 is 9.16 Å². The van der Waals surface area contributed by atoms with Gasteiger partial charge in [0.05, 0.1) is 18.5 Å². The van der Waals surface area contributed by atoms with Gasteiger partial charge in [0.1, 0.15) is 0 Å². The zero-order chi connectivity index (χ0) is 12.9. The lowest BCUT2D eigenvalue weighted by molar-refractivity contribution is 0.0378. The van der Waals surface area contributed by atoms with Gasteiger partial charge in [0, 0.05) is 6.42 Å². The molecule has 100 valence electrons. The lowest BCUT2D eigenvalue weighted by atomic mass is 10.0. The Kier molecular flexibility index (Phi) is 5.73. The molecule has 0 bridgehead atoms. The van der Waals surface area contributed by atoms with Crippen molar-refractivity contribution in [3.05, 3.63) is 11.8 Å². The molecular weight excluding hydrogens is 228 g/mol. The Morgan fingerprint density at radius 3 is 2.35 bits per heavy atom. The quantitative estimate of drug-likeness (QED) is 0.658. The summed E-state index contributed by atoms with van der Waals surface area (Å²) in [5.74, 6) is 1.74. The number of hydrogen-bond acceptors (Lipinski definition) is 2. The molecule has 0 saturated heterocycles. The minimum atomic E-state index is -1.49. The van der Waals surface area contributed by atoms with Gasteiger partial charge in [0.25, 0.3) is 0 Å². The molecule has 1 rings (SSSR count). The van der Waals surface area contributed by atoms with Crippen LogP contribution in [-0.2, 0) is 9.16 Å². The standard InChI is InChI=1S/C14H28O2Si/c1-6-17(7-2,8-3)16-13-9-10-15-14(11-13)12(4)5/h11-12,14H,6-10H2,1-5H3. The van der Waals surface area contributed by atoms with Crippen molar-refractivity contribution in [3.63, 3.8) is 0 Å². The highest BCUT2D eigenvalue weighted by molar-refractivity contribution is 6.73. The maximum Gasteiger partial charge on any atom is 0.250 e. The van der Waals surface area contributed by atoms with Crippen LogP contribution in [0.25, 0.3) is 0 Å².